The van der Waals surface area contributed by atoms with Crippen molar-refractivity contribution < 1.29 is 23.3 Å². The Kier molecular flexibility index (Phi) is 8.27. The van der Waals surface area contributed by atoms with Crippen molar-refractivity contribution in [2.24, 2.45) is 7.05 Å². The lowest BCUT2D eigenvalue weighted by atomic mass is 9.84. The van der Waals surface area contributed by atoms with E-state index in [2.05, 4.69) is 10.4 Å². The molecule has 3 unspecified atom stereocenters. The third kappa shape index (κ3) is 5.53. The fourth-order valence-electron chi connectivity index (χ4n) is 6.42. The van der Waals surface area contributed by atoms with Crippen LogP contribution in [0.3, 0.4) is 0 Å². The van der Waals surface area contributed by atoms with E-state index in [4.69, 9.17) is 4.74 Å². The summed E-state index contributed by atoms with van der Waals surface area (Å²) < 4.78 is 35.7. The van der Waals surface area contributed by atoms with Crippen molar-refractivity contribution in [3.8, 4) is 5.75 Å². The van der Waals surface area contributed by atoms with Crippen molar-refractivity contribution >= 4 is 39.6 Å². The highest BCUT2D eigenvalue weighted by Gasteiger charge is 2.42. The summed E-state index contributed by atoms with van der Waals surface area (Å²) in [6.45, 7) is 0.876. The molecule has 45 heavy (non-hydrogen) atoms. The molecular formula is C33H34FN5O5S. The summed E-state index contributed by atoms with van der Waals surface area (Å²) in [5.41, 5.74) is 2.79. The third-order valence-electron chi connectivity index (χ3n) is 8.81. The Labute approximate surface area is 263 Å². The number of halogens is 1. The van der Waals surface area contributed by atoms with E-state index >= 15 is 0 Å². The van der Waals surface area contributed by atoms with Crippen LogP contribution < -0.4 is 19.9 Å². The molecule has 3 aromatic carbocycles. The number of amides is 2. The Morgan fingerprint density at radius 2 is 1.82 bits per heavy atom. The molecule has 1 saturated heterocycles. The number of nitrogens with zero attached hydrogens (tertiary/aromatic N) is 4. The monoisotopic (exact) mass is 631 g/mol. The first-order valence-electron chi connectivity index (χ1n) is 14.7. The molecule has 1 fully saturated rings. The molecule has 2 aliphatic rings. The van der Waals surface area contributed by atoms with Crippen LogP contribution in [0.5, 0.6) is 5.75 Å². The van der Waals surface area contributed by atoms with Gasteiger partial charge in [0, 0.05) is 50.1 Å². The topological polar surface area (TPSA) is 120 Å². The summed E-state index contributed by atoms with van der Waals surface area (Å²) >= 11 is -1.37. The van der Waals surface area contributed by atoms with Crippen molar-refractivity contribution in [1.82, 2.24) is 20.0 Å². The summed E-state index contributed by atoms with van der Waals surface area (Å²) in [6, 6.07) is 16.6. The first-order valence-corrected chi connectivity index (χ1v) is 16.2. The Balaban J connectivity index is 1.40. The number of hydrogen-bond donors (Lipinski definition) is 1. The predicted octanol–water partition coefficient (Wildman–Crippen LogP) is 3.79. The minimum Gasteiger partial charge on any atom is -0.593 e. The van der Waals surface area contributed by atoms with E-state index in [1.54, 1.807) is 66.0 Å². The van der Waals surface area contributed by atoms with Crippen LogP contribution in [0.15, 0.2) is 65.5 Å². The lowest BCUT2D eigenvalue weighted by Gasteiger charge is -2.35. The number of hydrogen-bond acceptors (Lipinski definition) is 7. The van der Waals surface area contributed by atoms with Crippen molar-refractivity contribution in [1.29, 1.82) is 0 Å². The van der Waals surface area contributed by atoms with Crippen LogP contribution in [0.4, 0.5) is 10.1 Å². The van der Waals surface area contributed by atoms with Crippen LogP contribution in [0.2, 0.25) is 0 Å². The van der Waals surface area contributed by atoms with Gasteiger partial charge in [0.05, 0.1) is 29.5 Å². The maximum Gasteiger partial charge on any atom is 0.274 e. The normalized spacial score (nSPS) is 20.0. The minimum atomic E-state index is -1.37. The average molecular weight is 632 g/mol. The second-order valence-electron chi connectivity index (χ2n) is 11.5. The molecule has 0 bridgehead atoms. The zero-order valence-corrected chi connectivity index (χ0v) is 26.3. The number of nitrogens with one attached hydrogen (secondary N) is 1. The lowest BCUT2D eigenvalue weighted by molar-refractivity contribution is -0.123. The van der Waals surface area contributed by atoms with Crippen LogP contribution in [-0.2, 0) is 23.2 Å². The number of carbonyl (C=O) groups excluding carboxylic acids is 2. The van der Waals surface area contributed by atoms with E-state index < -0.39 is 23.4 Å². The van der Waals surface area contributed by atoms with Crippen LogP contribution >= 0.6 is 0 Å². The molecule has 3 heterocycles. The first-order chi connectivity index (χ1) is 21.6. The van der Waals surface area contributed by atoms with Gasteiger partial charge in [-0.3, -0.25) is 14.4 Å². The van der Waals surface area contributed by atoms with E-state index in [0.717, 1.165) is 12.0 Å². The number of likely N-dealkylation sites (tertiary alicyclic amines) is 1. The van der Waals surface area contributed by atoms with Crippen molar-refractivity contribution in [2.75, 3.05) is 37.7 Å². The number of rotatable bonds is 6. The second-order valence-corrected chi connectivity index (χ2v) is 12.9. The van der Waals surface area contributed by atoms with E-state index in [0.29, 0.717) is 52.8 Å². The number of aryl methyl sites for hydroxylation is 1. The molecule has 0 aliphatic carbocycles. The van der Waals surface area contributed by atoms with Gasteiger partial charge in [-0.25, -0.2) is 9.07 Å². The standard InChI is InChI=1S/C33H34FN5O5S/c1-35-31(40)28-25-16-24(26(38(3)45(4)43)17-27(25)44-30(28)19-11-13-21(34)14-12-19)20-8-7-15-39(18-20)33(42)29-22-9-5-6-10-23(22)32(41)37(2)36-29/h5-6,9-14,16-17,20,28,30H,7-8,15,18H2,1-4H3,(H,35,40)/t20-,28?,30?,45?/m0/s1. The molecule has 12 heteroatoms. The zero-order valence-electron chi connectivity index (χ0n) is 25.5. The van der Waals surface area contributed by atoms with Gasteiger partial charge in [-0.15, -0.1) is 0 Å². The summed E-state index contributed by atoms with van der Waals surface area (Å²) in [5.74, 6) is -1.28. The van der Waals surface area contributed by atoms with Gasteiger partial charge < -0.3 is 19.5 Å². The molecule has 4 aromatic rings. The van der Waals surface area contributed by atoms with Crippen molar-refractivity contribution in [3.05, 3.63) is 99.2 Å². The van der Waals surface area contributed by atoms with E-state index in [9.17, 15) is 23.3 Å². The lowest BCUT2D eigenvalue weighted by Crippen LogP contribution is -2.41. The molecule has 0 saturated carbocycles. The molecule has 4 atom stereocenters. The maximum absolute atomic E-state index is 14.0. The first kappa shape index (κ1) is 30.6. The fourth-order valence-corrected chi connectivity index (χ4v) is 6.86. The van der Waals surface area contributed by atoms with E-state index in [-0.39, 0.29) is 34.8 Å². The second kappa shape index (κ2) is 12.2. The molecule has 0 spiro atoms. The van der Waals surface area contributed by atoms with Crippen molar-refractivity contribution in [2.45, 2.75) is 30.8 Å². The molecule has 1 N–H and O–H groups in total. The maximum atomic E-state index is 14.0. The summed E-state index contributed by atoms with van der Waals surface area (Å²) in [7, 11) is 4.83. The Morgan fingerprint density at radius 3 is 2.51 bits per heavy atom. The van der Waals surface area contributed by atoms with Gasteiger partial charge in [0.1, 0.15) is 29.8 Å². The molecule has 2 aliphatic heterocycles. The number of piperidine rings is 1. The van der Waals surface area contributed by atoms with Gasteiger partial charge in [0.2, 0.25) is 5.91 Å². The number of fused-ring (bicyclic) bond motifs is 2. The van der Waals surface area contributed by atoms with Gasteiger partial charge in [0.15, 0.2) is 5.69 Å². The summed E-state index contributed by atoms with van der Waals surface area (Å²) in [4.78, 5) is 41.7. The smallest absolute Gasteiger partial charge is 0.274 e. The number of anilines is 1. The van der Waals surface area contributed by atoms with E-state index in [1.807, 2.05) is 12.1 Å². The minimum absolute atomic E-state index is 0.150. The average Bonchev–Trinajstić information content (AvgIpc) is 3.43. The Bertz CT molecular complexity index is 1850. The molecule has 6 rings (SSSR count). The Hall–Kier alpha value is -4.42. The van der Waals surface area contributed by atoms with Crippen LogP contribution in [0.25, 0.3) is 10.8 Å². The number of benzene rings is 3. The molecular weight excluding hydrogens is 597 g/mol. The number of ether oxygens (including phenoxy) is 1. The summed E-state index contributed by atoms with van der Waals surface area (Å²) in [6.07, 6.45) is 2.37. The van der Waals surface area contributed by atoms with Gasteiger partial charge in [-0.2, -0.15) is 9.40 Å². The van der Waals surface area contributed by atoms with Crippen LogP contribution in [0, 0.1) is 5.82 Å². The summed E-state index contributed by atoms with van der Waals surface area (Å²) in [5, 5.41) is 8.02. The Morgan fingerprint density at radius 1 is 1.11 bits per heavy atom. The number of likely N-dealkylation sites (N-methyl/N-ethyl adjacent to an activating group) is 1. The SMILES string of the molecule is CNC(=O)C1c2cc([C@H]3CCCN(C(=O)c4nn(C)c(=O)c5ccccc45)C3)c(N(C)[S+](C)[O-])cc2OC1c1ccc(F)cc1. The molecule has 10 nitrogen and oxygen atoms in total. The van der Waals surface area contributed by atoms with Crippen LogP contribution in [0.1, 0.15) is 58.0 Å². The molecule has 1 aromatic heterocycles. The number of aromatic nitrogens is 2. The highest BCUT2D eigenvalue weighted by atomic mass is 32.2. The predicted molar refractivity (Wildman–Crippen MR) is 170 cm³/mol. The van der Waals surface area contributed by atoms with Gasteiger partial charge >= 0.3 is 0 Å². The largest absolute Gasteiger partial charge is 0.593 e. The van der Waals surface area contributed by atoms with Gasteiger partial charge in [-0.05, 0) is 48.2 Å². The third-order valence-corrected chi connectivity index (χ3v) is 9.78. The molecule has 2 amide bonds. The number of carbonyl (C=O) groups is 2. The fraction of sp³-hybridized carbons (Fsp3) is 0.333. The molecule has 234 valence electrons. The van der Waals surface area contributed by atoms with Crippen LogP contribution in [-0.4, -0.2) is 64.5 Å². The quantitative estimate of drug-likeness (QED) is 0.322. The van der Waals surface area contributed by atoms with Gasteiger partial charge in [-0.1, -0.05) is 30.3 Å². The molecule has 0 radical (unpaired) electrons. The van der Waals surface area contributed by atoms with Gasteiger partial charge in [0.25, 0.3) is 11.5 Å². The van der Waals surface area contributed by atoms with Crippen molar-refractivity contribution in [3.63, 3.8) is 0 Å². The van der Waals surface area contributed by atoms with E-state index in [1.165, 1.54) is 23.9 Å². The highest BCUT2D eigenvalue weighted by molar-refractivity contribution is 7.92. The highest BCUT2D eigenvalue weighted by Crippen LogP contribution is 2.50. The zero-order chi connectivity index (χ0) is 32.0.